The maximum absolute atomic E-state index is 13.5. The molecular weight excluding hydrogens is 285 g/mol. The Morgan fingerprint density at radius 1 is 1.45 bits per heavy atom. The summed E-state index contributed by atoms with van der Waals surface area (Å²) in [6.45, 7) is 4.14. The lowest BCUT2D eigenvalue weighted by molar-refractivity contribution is -0.673. The second kappa shape index (κ2) is 7.89. The number of carbonyl (C=O) groups is 2. The molecule has 0 aliphatic carbocycles. The topological polar surface area (TPSA) is 66.0 Å². The molecular formula is C16H23FN3O2+. The molecule has 2 rings (SSSR count). The van der Waals surface area contributed by atoms with Crippen LogP contribution in [0.2, 0.25) is 0 Å². The Labute approximate surface area is 129 Å². The number of rotatable bonds is 7. The molecule has 1 aromatic rings. The SMILES string of the molecule is C[C@H]([NH2+]CCCN1CCCC1=O)C(=O)Nc1ccccc1F. The number of halogens is 1. The van der Waals surface area contributed by atoms with Crippen LogP contribution in [0.25, 0.3) is 0 Å². The first-order valence-electron chi connectivity index (χ1n) is 7.74. The van der Waals surface area contributed by atoms with E-state index in [9.17, 15) is 14.0 Å². The van der Waals surface area contributed by atoms with Crippen molar-refractivity contribution >= 4 is 17.5 Å². The van der Waals surface area contributed by atoms with Crippen LogP contribution in [0, 0.1) is 5.82 Å². The average Bonchev–Trinajstić information content (AvgIpc) is 2.91. The molecule has 0 saturated carbocycles. The van der Waals surface area contributed by atoms with E-state index in [0.717, 1.165) is 32.5 Å². The van der Waals surface area contributed by atoms with Gasteiger partial charge in [-0.25, -0.2) is 4.39 Å². The second-order valence-corrected chi connectivity index (χ2v) is 5.62. The Hall–Kier alpha value is -1.95. The number of hydrogen-bond donors (Lipinski definition) is 2. The van der Waals surface area contributed by atoms with E-state index in [1.165, 1.54) is 6.07 Å². The fourth-order valence-corrected chi connectivity index (χ4v) is 2.51. The average molecular weight is 308 g/mol. The number of anilines is 1. The molecule has 0 spiro atoms. The van der Waals surface area contributed by atoms with Crippen LogP contribution >= 0.6 is 0 Å². The van der Waals surface area contributed by atoms with Crippen LogP contribution in [0.4, 0.5) is 10.1 Å². The van der Waals surface area contributed by atoms with Gasteiger partial charge in [0.15, 0.2) is 6.04 Å². The van der Waals surface area contributed by atoms with Gasteiger partial charge in [0, 0.05) is 25.9 Å². The van der Waals surface area contributed by atoms with E-state index in [2.05, 4.69) is 5.32 Å². The van der Waals surface area contributed by atoms with Crippen molar-refractivity contribution in [2.45, 2.75) is 32.2 Å². The number of amides is 2. The molecule has 0 radical (unpaired) electrons. The number of nitrogens with one attached hydrogen (secondary N) is 1. The summed E-state index contributed by atoms with van der Waals surface area (Å²) >= 11 is 0. The number of para-hydroxylation sites is 1. The summed E-state index contributed by atoms with van der Waals surface area (Å²) in [5, 5.41) is 4.50. The molecule has 1 saturated heterocycles. The lowest BCUT2D eigenvalue weighted by Gasteiger charge is -2.16. The Bertz CT molecular complexity index is 536. The number of benzene rings is 1. The predicted octanol–water partition coefficient (Wildman–Crippen LogP) is 0.729. The Morgan fingerprint density at radius 3 is 2.91 bits per heavy atom. The largest absolute Gasteiger partial charge is 0.342 e. The fourth-order valence-electron chi connectivity index (χ4n) is 2.51. The molecule has 5 nitrogen and oxygen atoms in total. The van der Waals surface area contributed by atoms with E-state index in [-0.39, 0.29) is 23.5 Å². The van der Waals surface area contributed by atoms with Gasteiger partial charge >= 0.3 is 0 Å². The number of likely N-dealkylation sites (tertiary alicyclic amines) is 1. The molecule has 1 aliphatic heterocycles. The molecule has 1 heterocycles. The molecule has 6 heteroatoms. The van der Waals surface area contributed by atoms with Crippen LogP contribution in [0.5, 0.6) is 0 Å². The minimum Gasteiger partial charge on any atom is -0.342 e. The van der Waals surface area contributed by atoms with Crippen LogP contribution in [0.3, 0.4) is 0 Å². The summed E-state index contributed by atoms with van der Waals surface area (Å²) < 4.78 is 13.5. The Kier molecular flexibility index (Phi) is 5.89. The van der Waals surface area contributed by atoms with Crippen molar-refractivity contribution in [2.24, 2.45) is 0 Å². The molecule has 120 valence electrons. The zero-order valence-corrected chi connectivity index (χ0v) is 12.8. The Morgan fingerprint density at radius 2 is 2.23 bits per heavy atom. The first-order chi connectivity index (χ1) is 10.6. The van der Waals surface area contributed by atoms with Crippen LogP contribution < -0.4 is 10.6 Å². The zero-order chi connectivity index (χ0) is 15.9. The van der Waals surface area contributed by atoms with Gasteiger partial charge in [-0.15, -0.1) is 0 Å². The lowest BCUT2D eigenvalue weighted by atomic mass is 10.2. The predicted molar refractivity (Wildman–Crippen MR) is 81.7 cm³/mol. The van der Waals surface area contributed by atoms with Crippen molar-refractivity contribution in [1.82, 2.24) is 4.90 Å². The van der Waals surface area contributed by atoms with E-state index in [4.69, 9.17) is 0 Å². The monoisotopic (exact) mass is 308 g/mol. The third kappa shape index (κ3) is 4.53. The normalized spacial score (nSPS) is 15.9. The van der Waals surface area contributed by atoms with Crippen molar-refractivity contribution in [3.05, 3.63) is 30.1 Å². The fraction of sp³-hybridized carbons (Fsp3) is 0.500. The van der Waals surface area contributed by atoms with E-state index >= 15 is 0 Å². The standard InChI is InChI=1S/C16H22FN3O2/c1-12(16(22)19-14-7-3-2-6-13(14)17)18-9-5-11-20-10-4-8-15(20)21/h2-3,6-7,12,18H,4-5,8-11H2,1H3,(H,19,22)/p+1/t12-/m0/s1. The van der Waals surface area contributed by atoms with E-state index in [1.807, 2.05) is 10.2 Å². The number of hydrogen-bond acceptors (Lipinski definition) is 2. The maximum atomic E-state index is 13.5. The molecule has 1 aliphatic rings. The van der Waals surface area contributed by atoms with E-state index in [0.29, 0.717) is 6.42 Å². The van der Waals surface area contributed by atoms with Gasteiger partial charge in [0.1, 0.15) is 5.82 Å². The van der Waals surface area contributed by atoms with Crippen molar-refractivity contribution < 1.29 is 19.3 Å². The van der Waals surface area contributed by atoms with Gasteiger partial charge in [-0.05, 0) is 25.5 Å². The minimum atomic E-state index is -0.435. The first-order valence-corrected chi connectivity index (χ1v) is 7.74. The van der Waals surface area contributed by atoms with Gasteiger partial charge in [0.05, 0.1) is 12.2 Å². The molecule has 1 aromatic carbocycles. The van der Waals surface area contributed by atoms with E-state index in [1.54, 1.807) is 25.1 Å². The zero-order valence-electron chi connectivity index (χ0n) is 12.8. The van der Waals surface area contributed by atoms with Gasteiger partial charge in [-0.2, -0.15) is 0 Å². The highest BCUT2D eigenvalue weighted by atomic mass is 19.1. The maximum Gasteiger partial charge on any atom is 0.282 e. The molecule has 0 unspecified atom stereocenters. The quantitative estimate of drug-likeness (QED) is 0.729. The van der Waals surface area contributed by atoms with Crippen molar-refractivity contribution in [3.8, 4) is 0 Å². The molecule has 3 N–H and O–H groups in total. The molecule has 1 fully saturated rings. The van der Waals surface area contributed by atoms with E-state index < -0.39 is 5.82 Å². The lowest BCUT2D eigenvalue weighted by Crippen LogP contribution is -2.91. The highest BCUT2D eigenvalue weighted by molar-refractivity contribution is 5.93. The summed E-state index contributed by atoms with van der Waals surface area (Å²) in [5.74, 6) is -0.428. The van der Waals surface area contributed by atoms with Crippen LogP contribution in [0.1, 0.15) is 26.2 Å². The van der Waals surface area contributed by atoms with Gasteiger partial charge in [-0.1, -0.05) is 12.1 Å². The van der Waals surface area contributed by atoms with Crippen molar-refractivity contribution in [3.63, 3.8) is 0 Å². The minimum absolute atomic E-state index is 0.204. The number of quaternary nitrogens is 1. The van der Waals surface area contributed by atoms with Crippen LogP contribution in [-0.2, 0) is 9.59 Å². The number of nitrogens with zero attached hydrogens (tertiary/aromatic N) is 1. The Balaban J connectivity index is 1.68. The third-order valence-electron chi connectivity index (χ3n) is 3.87. The van der Waals surface area contributed by atoms with Crippen molar-refractivity contribution in [1.29, 1.82) is 0 Å². The summed E-state index contributed by atoms with van der Waals surface area (Å²) in [6, 6.07) is 5.82. The van der Waals surface area contributed by atoms with Crippen LogP contribution in [-0.4, -0.2) is 42.4 Å². The summed E-state index contributed by atoms with van der Waals surface area (Å²) in [4.78, 5) is 25.3. The number of nitrogens with two attached hydrogens (primary N) is 1. The van der Waals surface area contributed by atoms with Gasteiger partial charge < -0.3 is 15.5 Å². The van der Waals surface area contributed by atoms with Gasteiger partial charge in [0.2, 0.25) is 5.91 Å². The molecule has 1 atom stereocenters. The summed E-state index contributed by atoms with van der Waals surface area (Å²) in [6.07, 6.45) is 2.46. The van der Waals surface area contributed by atoms with Gasteiger partial charge in [-0.3, -0.25) is 9.59 Å². The number of carbonyl (C=O) groups excluding carboxylic acids is 2. The molecule has 2 amide bonds. The summed E-state index contributed by atoms with van der Waals surface area (Å²) in [7, 11) is 0. The van der Waals surface area contributed by atoms with Crippen molar-refractivity contribution in [2.75, 3.05) is 25.0 Å². The molecule has 22 heavy (non-hydrogen) atoms. The highest BCUT2D eigenvalue weighted by Crippen LogP contribution is 2.12. The molecule has 0 bridgehead atoms. The third-order valence-corrected chi connectivity index (χ3v) is 3.87. The highest BCUT2D eigenvalue weighted by Gasteiger charge is 2.20. The molecule has 0 aromatic heterocycles. The first kappa shape index (κ1) is 16.4. The smallest absolute Gasteiger partial charge is 0.282 e. The summed E-state index contributed by atoms with van der Waals surface area (Å²) in [5.41, 5.74) is 0.204. The van der Waals surface area contributed by atoms with Crippen LogP contribution in [0.15, 0.2) is 24.3 Å². The second-order valence-electron chi connectivity index (χ2n) is 5.62. The van der Waals surface area contributed by atoms with Gasteiger partial charge in [0.25, 0.3) is 5.91 Å².